The molecule has 0 saturated heterocycles. The Bertz CT molecular complexity index is 532. The number of nitrogens with zero attached hydrogens (tertiary/aromatic N) is 1. The van der Waals surface area contributed by atoms with Crippen molar-refractivity contribution in [3.05, 3.63) is 35.4 Å². The average Bonchev–Trinajstić information content (AvgIpc) is 2.49. The zero-order valence-electron chi connectivity index (χ0n) is 15.3. The van der Waals surface area contributed by atoms with Gasteiger partial charge in [0.15, 0.2) is 5.96 Å². The summed E-state index contributed by atoms with van der Waals surface area (Å²) >= 11 is 0. The van der Waals surface area contributed by atoms with Gasteiger partial charge in [-0.2, -0.15) is 0 Å². The number of hydrogen-bond donors (Lipinski definition) is 2. The van der Waals surface area contributed by atoms with Crippen molar-refractivity contribution in [3.8, 4) is 0 Å². The zero-order valence-corrected chi connectivity index (χ0v) is 16.1. The summed E-state index contributed by atoms with van der Waals surface area (Å²) in [6.07, 6.45) is 0. The second-order valence-electron chi connectivity index (χ2n) is 6.85. The van der Waals surface area contributed by atoms with E-state index in [2.05, 4.69) is 53.7 Å². The zero-order chi connectivity index (χ0) is 17.5. The lowest BCUT2D eigenvalue weighted by atomic mass is 10.0. The molecule has 0 aromatic heterocycles. The number of benzene rings is 1. The minimum atomic E-state index is -0.846. The highest BCUT2D eigenvalue weighted by Gasteiger charge is 2.18. The Morgan fingerprint density at radius 2 is 1.83 bits per heavy atom. The van der Waals surface area contributed by atoms with Gasteiger partial charge in [0.05, 0.1) is 0 Å². The Labute approximate surface area is 143 Å². The largest absolute Gasteiger partial charge is 0.356 e. The van der Waals surface area contributed by atoms with E-state index in [1.165, 1.54) is 11.1 Å². The molecular weight excluding hydrogens is 306 g/mol. The van der Waals surface area contributed by atoms with E-state index in [4.69, 9.17) is 0 Å². The Kier molecular flexibility index (Phi) is 7.76. The van der Waals surface area contributed by atoms with Gasteiger partial charge in [-0.05, 0) is 39.2 Å². The normalized spacial score (nSPS) is 15.1. The van der Waals surface area contributed by atoms with Gasteiger partial charge in [-0.25, -0.2) is 0 Å². The molecule has 4 nitrogen and oxygen atoms in total. The van der Waals surface area contributed by atoms with Crippen molar-refractivity contribution in [2.45, 2.75) is 45.3 Å². The van der Waals surface area contributed by atoms with E-state index in [1.54, 1.807) is 7.05 Å². The van der Waals surface area contributed by atoms with Gasteiger partial charge in [0, 0.05) is 41.4 Å². The monoisotopic (exact) mass is 337 g/mol. The summed E-state index contributed by atoms with van der Waals surface area (Å²) in [6, 6.07) is 8.62. The van der Waals surface area contributed by atoms with Crippen LogP contribution in [0.2, 0.25) is 0 Å². The molecule has 5 heteroatoms. The van der Waals surface area contributed by atoms with Crippen molar-refractivity contribution in [1.29, 1.82) is 0 Å². The van der Waals surface area contributed by atoms with Gasteiger partial charge in [-0.15, -0.1) is 0 Å². The summed E-state index contributed by atoms with van der Waals surface area (Å²) in [5, 5.41) is 6.57. The van der Waals surface area contributed by atoms with Crippen LogP contribution in [0.15, 0.2) is 29.3 Å². The van der Waals surface area contributed by atoms with Crippen LogP contribution >= 0.6 is 0 Å². The first-order chi connectivity index (χ1) is 10.7. The van der Waals surface area contributed by atoms with E-state index >= 15 is 0 Å². The van der Waals surface area contributed by atoms with Crippen molar-refractivity contribution in [1.82, 2.24) is 10.6 Å². The smallest absolute Gasteiger partial charge is 0.191 e. The van der Waals surface area contributed by atoms with Crippen molar-refractivity contribution in [2.24, 2.45) is 4.99 Å². The second kappa shape index (κ2) is 9.06. The van der Waals surface area contributed by atoms with Gasteiger partial charge in [0.2, 0.25) is 0 Å². The predicted octanol–water partition coefficient (Wildman–Crippen LogP) is 2.81. The Morgan fingerprint density at radius 1 is 1.22 bits per heavy atom. The lowest BCUT2D eigenvalue weighted by Gasteiger charge is -2.19. The molecule has 0 aliphatic rings. The quantitative estimate of drug-likeness (QED) is 0.620. The maximum atomic E-state index is 12.0. The second-order valence-corrected chi connectivity index (χ2v) is 9.18. The van der Waals surface area contributed by atoms with Gasteiger partial charge < -0.3 is 10.6 Å². The van der Waals surface area contributed by atoms with Gasteiger partial charge in [-0.1, -0.05) is 36.8 Å². The third-order valence-electron chi connectivity index (χ3n) is 3.71. The highest BCUT2D eigenvalue weighted by atomic mass is 32.2. The van der Waals surface area contributed by atoms with Crippen molar-refractivity contribution < 1.29 is 4.21 Å². The summed E-state index contributed by atoms with van der Waals surface area (Å²) in [4.78, 5) is 4.22. The summed E-state index contributed by atoms with van der Waals surface area (Å²) in [5.41, 5.74) is 2.59. The van der Waals surface area contributed by atoms with Crippen LogP contribution in [0.1, 0.15) is 44.7 Å². The van der Waals surface area contributed by atoms with Crippen molar-refractivity contribution in [2.75, 3.05) is 25.9 Å². The van der Waals surface area contributed by atoms with E-state index in [9.17, 15) is 4.21 Å². The standard InChI is InChI=1S/C18H31N3OS/c1-14-7-9-16(10-8-14)15(2)13-21-17(19-6)20-11-12-23(22)18(3,4)5/h7-10,15H,11-13H2,1-6H3,(H2,19,20,21). The molecule has 0 aliphatic heterocycles. The maximum Gasteiger partial charge on any atom is 0.191 e. The highest BCUT2D eigenvalue weighted by molar-refractivity contribution is 7.86. The van der Waals surface area contributed by atoms with Crippen LogP contribution in [0.3, 0.4) is 0 Å². The van der Waals surface area contributed by atoms with Gasteiger partial charge in [0.1, 0.15) is 0 Å². The topological polar surface area (TPSA) is 53.5 Å². The fraction of sp³-hybridized carbons (Fsp3) is 0.611. The molecule has 0 bridgehead atoms. The van der Waals surface area contributed by atoms with Gasteiger partial charge in [-0.3, -0.25) is 9.20 Å². The SMILES string of the molecule is CN=C(NCCS(=O)C(C)(C)C)NCC(C)c1ccc(C)cc1. The van der Waals surface area contributed by atoms with Crippen LogP contribution in [-0.2, 0) is 10.8 Å². The van der Waals surface area contributed by atoms with Gasteiger partial charge >= 0.3 is 0 Å². The molecule has 1 rings (SSSR count). The molecule has 23 heavy (non-hydrogen) atoms. The summed E-state index contributed by atoms with van der Waals surface area (Å²) in [7, 11) is 0.911. The number of aliphatic imine (C=N–C) groups is 1. The Balaban J connectivity index is 2.39. The Morgan fingerprint density at radius 3 is 2.35 bits per heavy atom. The number of nitrogens with one attached hydrogen (secondary N) is 2. The number of guanidine groups is 1. The molecule has 0 radical (unpaired) electrons. The minimum absolute atomic E-state index is 0.168. The molecule has 1 aromatic carbocycles. The van der Waals surface area contributed by atoms with Crippen LogP contribution in [-0.4, -0.2) is 40.8 Å². The molecule has 0 fully saturated rings. The average molecular weight is 338 g/mol. The lowest BCUT2D eigenvalue weighted by Crippen LogP contribution is -2.41. The molecule has 0 spiro atoms. The van der Waals surface area contributed by atoms with Crippen LogP contribution in [0.25, 0.3) is 0 Å². The molecular formula is C18H31N3OS. The molecule has 1 aromatic rings. The molecule has 2 N–H and O–H groups in total. The molecule has 2 atom stereocenters. The fourth-order valence-corrected chi connectivity index (χ4v) is 2.95. The molecule has 2 unspecified atom stereocenters. The third kappa shape index (κ3) is 7.16. The van der Waals surface area contributed by atoms with Crippen molar-refractivity contribution >= 4 is 16.8 Å². The predicted molar refractivity (Wildman–Crippen MR) is 102 cm³/mol. The Hall–Kier alpha value is -1.36. The number of rotatable bonds is 6. The van der Waals surface area contributed by atoms with Crippen LogP contribution in [0.5, 0.6) is 0 Å². The molecule has 0 heterocycles. The molecule has 0 amide bonds. The van der Waals surface area contributed by atoms with E-state index in [1.807, 2.05) is 20.8 Å². The third-order valence-corrected chi connectivity index (χ3v) is 5.65. The van der Waals surface area contributed by atoms with E-state index in [-0.39, 0.29) is 4.75 Å². The fourth-order valence-electron chi connectivity index (χ4n) is 2.05. The number of aryl methyl sites for hydroxylation is 1. The van der Waals surface area contributed by atoms with Crippen LogP contribution in [0, 0.1) is 6.92 Å². The first-order valence-corrected chi connectivity index (χ1v) is 9.45. The summed E-state index contributed by atoms with van der Waals surface area (Å²) in [6.45, 7) is 11.8. The first kappa shape index (κ1) is 19.7. The molecule has 0 aliphatic carbocycles. The van der Waals surface area contributed by atoms with E-state index in [0.717, 1.165) is 12.5 Å². The maximum absolute atomic E-state index is 12.0. The van der Waals surface area contributed by atoms with E-state index in [0.29, 0.717) is 18.2 Å². The lowest BCUT2D eigenvalue weighted by molar-refractivity contribution is 0.646. The van der Waals surface area contributed by atoms with Crippen LogP contribution in [0.4, 0.5) is 0 Å². The highest BCUT2D eigenvalue weighted by Crippen LogP contribution is 2.14. The summed E-state index contributed by atoms with van der Waals surface area (Å²) in [5.74, 6) is 1.78. The van der Waals surface area contributed by atoms with E-state index < -0.39 is 10.8 Å². The minimum Gasteiger partial charge on any atom is -0.356 e. The number of hydrogen-bond acceptors (Lipinski definition) is 2. The van der Waals surface area contributed by atoms with Gasteiger partial charge in [0.25, 0.3) is 0 Å². The first-order valence-electron chi connectivity index (χ1n) is 8.13. The molecule has 0 saturated carbocycles. The van der Waals surface area contributed by atoms with Crippen LogP contribution < -0.4 is 10.6 Å². The molecule has 130 valence electrons. The summed E-state index contributed by atoms with van der Waals surface area (Å²) < 4.78 is 11.9. The van der Waals surface area contributed by atoms with Crippen molar-refractivity contribution in [3.63, 3.8) is 0 Å².